The molecule has 1 aliphatic rings. The number of benzene rings is 1. The van der Waals surface area contributed by atoms with E-state index in [4.69, 9.17) is 14.2 Å². The lowest BCUT2D eigenvalue weighted by Gasteiger charge is -2.28. The molecule has 0 aliphatic heterocycles. The zero-order valence-corrected chi connectivity index (χ0v) is 18.5. The number of ether oxygens (including phenoxy) is 3. The van der Waals surface area contributed by atoms with E-state index in [-0.39, 0.29) is 24.7 Å². The highest BCUT2D eigenvalue weighted by Crippen LogP contribution is 2.26. The van der Waals surface area contributed by atoms with Crippen molar-refractivity contribution in [2.45, 2.75) is 65.0 Å². The minimum Gasteiger partial charge on any atom is -0.489 e. The summed E-state index contributed by atoms with van der Waals surface area (Å²) in [4.78, 5) is 11.8. The maximum Gasteiger partial charge on any atom is 0.407 e. The van der Waals surface area contributed by atoms with Crippen LogP contribution < -0.4 is 5.32 Å². The van der Waals surface area contributed by atoms with Crippen LogP contribution in [0, 0.1) is 5.92 Å². The molecule has 2 unspecified atom stereocenters. The fourth-order valence-electron chi connectivity index (χ4n) is 3.06. The van der Waals surface area contributed by atoms with E-state index in [2.05, 4.69) is 11.4 Å². The van der Waals surface area contributed by atoms with Crippen molar-refractivity contribution < 1.29 is 24.1 Å². The molecule has 30 heavy (non-hydrogen) atoms. The number of alkyl carbamates (subject to hydrolysis) is 1. The summed E-state index contributed by atoms with van der Waals surface area (Å²) in [6.07, 6.45) is 6.79. The summed E-state index contributed by atoms with van der Waals surface area (Å²) >= 11 is 0. The van der Waals surface area contributed by atoms with Crippen LogP contribution in [0.3, 0.4) is 0 Å². The van der Waals surface area contributed by atoms with Crippen LogP contribution in [0.15, 0.2) is 54.3 Å². The van der Waals surface area contributed by atoms with Gasteiger partial charge in [0.15, 0.2) is 0 Å². The lowest BCUT2D eigenvalue weighted by Crippen LogP contribution is -2.33. The number of rotatable bonds is 10. The largest absolute Gasteiger partial charge is 0.489 e. The summed E-state index contributed by atoms with van der Waals surface area (Å²) < 4.78 is 17.2. The zero-order chi connectivity index (χ0) is 22.0. The predicted molar refractivity (Wildman–Crippen MR) is 117 cm³/mol. The van der Waals surface area contributed by atoms with Gasteiger partial charge in [0.1, 0.15) is 18.0 Å². The fourth-order valence-corrected chi connectivity index (χ4v) is 3.06. The topological polar surface area (TPSA) is 77.0 Å². The van der Waals surface area contributed by atoms with Gasteiger partial charge >= 0.3 is 6.09 Å². The van der Waals surface area contributed by atoms with Crippen molar-refractivity contribution in [2.24, 2.45) is 5.92 Å². The van der Waals surface area contributed by atoms with Gasteiger partial charge in [0.2, 0.25) is 0 Å². The van der Waals surface area contributed by atoms with Gasteiger partial charge in [0, 0.05) is 12.5 Å². The van der Waals surface area contributed by atoms with E-state index >= 15 is 0 Å². The molecule has 0 spiro atoms. The van der Waals surface area contributed by atoms with E-state index in [1.54, 1.807) is 0 Å². The number of allylic oxidation sites excluding steroid dienone is 1. The molecule has 0 radical (unpaired) electrons. The molecule has 2 rings (SSSR count). The molecule has 0 bridgehead atoms. The standard InChI is InChI=1S/C24H35NO5/c1-18(16-26)29-22-15-21(28-17-19-9-6-5-7-10-19)13-12-20(22)11-8-14-25-23(27)30-24(2,3)4/h5-7,9-10,12-13,15,18,20,22,26H,8,11,14,16-17H2,1-4H3,(H,25,27)/t18-,20?,22?/m1/s1. The number of carbonyl (C=O) groups excluding carboxylic acids is 1. The average Bonchev–Trinajstić information content (AvgIpc) is 2.70. The summed E-state index contributed by atoms with van der Waals surface area (Å²) in [5.74, 6) is 0.903. The molecular formula is C24H35NO5. The van der Waals surface area contributed by atoms with Crippen LogP contribution in [0.2, 0.25) is 0 Å². The molecule has 0 heterocycles. The van der Waals surface area contributed by atoms with E-state index in [0.717, 1.165) is 24.2 Å². The Hall–Kier alpha value is -2.31. The van der Waals surface area contributed by atoms with E-state index in [1.807, 2.05) is 70.2 Å². The van der Waals surface area contributed by atoms with Crippen LogP contribution in [-0.2, 0) is 20.8 Å². The Balaban J connectivity index is 1.86. The van der Waals surface area contributed by atoms with Crippen molar-refractivity contribution >= 4 is 6.09 Å². The number of aliphatic hydroxyl groups is 1. The molecule has 6 heteroatoms. The lowest BCUT2D eigenvalue weighted by atomic mass is 9.92. The van der Waals surface area contributed by atoms with E-state index in [9.17, 15) is 9.90 Å². The third-order valence-corrected chi connectivity index (χ3v) is 4.54. The van der Waals surface area contributed by atoms with E-state index in [1.165, 1.54) is 0 Å². The molecule has 166 valence electrons. The summed E-state index contributed by atoms with van der Waals surface area (Å²) in [7, 11) is 0. The van der Waals surface area contributed by atoms with Crippen LogP contribution in [0.25, 0.3) is 0 Å². The van der Waals surface area contributed by atoms with Crippen molar-refractivity contribution in [3.05, 3.63) is 59.9 Å². The molecule has 1 aliphatic carbocycles. The number of carbonyl (C=O) groups is 1. The Labute approximate surface area is 179 Å². The summed E-state index contributed by atoms with van der Waals surface area (Å²) in [5.41, 5.74) is 0.597. The van der Waals surface area contributed by atoms with Crippen molar-refractivity contribution in [3.63, 3.8) is 0 Å². The maximum absolute atomic E-state index is 11.8. The zero-order valence-electron chi connectivity index (χ0n) is 18.5. The molecule has 1 aromatic carbocycles. The number of nitrogens with one attached hydrogen (secondary N) is 1. The highest BCUT2D eigenvalue weighted by molar-refractivity contribution is 5.67. The van der Waals surface area contributed by atoms with E-state index in [0.29, 0.717) is 13.2 Å². The van der Waals surface area contributed by atoms with E-state index < -0.39 is 11.7 Å². The van der Waals surface area contributed by atoms with Gasteiger partial charge < -0.3 is 24.6 Å². The lowest BCUT2D eigenvalue weighted by molar-refractivity contribution is -0.0284. The third-order valence-electron chi connectivity index (χ3n) is 4.54. The summed E-state index contributed by atoms with van der Waals surface area (Å²) in [6, 6.07) is 10.00. The molecule has 0 aromatic heterocycles. The Morgan fingerprint density at radius 3 is 2.63 bits per heavy atom. The van der Waals surface area contributed by atoms with Gasteiger partial charge in [0.05, 0.1) is 18.8 Å². The Morgan fingerprint density at radius 2 is 1.97 bits per heavy atom. The Bertz CT molecular complexity index is 708. The van der Waals surface area contributed by atoms with Crippen molar-refractivity contribution in [1.29, 1.82) is 0 Å². The number of hydrogen-bond acceptors (Lipinski definition) is 5. The second kappa shape index (κ2) is 11.8. The molecule has 6 nitrogen and oxygen atoms in total. The SMILES string of the molecule is C[C@H](CO)OC1C=C(OCc2ccccc2)C=CC1CCCNC(=O)OC(C)(C)C. The molecule has 1 aromatic rings. The van der Waals surface area contributed by atoms with Gasteiger partial charge in [-0.15, -0.1) is 0 Å². The number of amides is 1. The van der Waals surface area contributed by atoms with Gasteiger partial charge in [-0.05, 0) is 58.3 Å². The van der Waals surface area contributed by atoms with Crippen LogP contribution in [0.5, 0.6) is 0 Å². The molecule has 0 fully saturated rings. The highest BCUT2D eigenvalue weighted by atomic mass is 16.6. The smallest absolute Gasteiger partial charge is 0.407 e. The van der Waals surface area contributed by atoms with Crippen LogP contribution in [0.1, 0.15) is 46.1 Å². The minimum absolute atomic E-state index is 0.0405. The fraction of sp³-hybridized carbons (Fsp3) is 0.542. The van der Waals surface area contributed by atoms with Crippen LogP contribution >= 0.6 is 0 Å². The van der Waals surface area contributed by atoms with Gasteiger partial charge in [-0.2, -0.15) is 0 Å². The Morgan fingerprint density at radius 1 is 1.23 bits per heavy atom. The Kier molecular flexibility index (Phi) is 9.40. The summed E-state index contributed by atoms with van der Waals surface area (Å²) in [5, 5.41) is 12.2. The van der Waals surface area contributed by atoms with Gasteiger partial charge in [-0.3, -0.25) is 0 Å². The molecule has 2 N–H and O–H groups in total. The third kappa shape index (κ3) is 9.01. The molecule has 0 saturated heterocycles. The van der Waals surface area contributed by atoms with Gasteiger partial charge in [-0.1, -0.05) is 36.4 Å². The second-order valence-corrected chi connectivity index (χ2v) is 8.53. The molecule has 0 saturated carbocycles. The van der Waals surface area contributed by atoms with Crippen LogP contribution in [0.4, 0.5) is 4.79 Å². The first-order valence-electron chi connectivity index (χ1n) is 10.6. The van der Waals surface area contributed by atoms with Crippen molar-refractivity contribution in [1.82, 2.24) is 5.32 Å². The van der Waals surface area contributed by atoms with Crippen molar-refractivity contribution in [2.75, 3.05) is 13.2 Å². The quantitative estimate of drug-likeness (QED) is 0.554. The normalized spacial score (nSPS) is 19.7. The summed E-state index contributed by atoms with van der Waals surface area (Å²) in [6.45, 7) is 8.35. The first-order chi connectivity index (χ1) is 14.3. The van der Waals surface area contributed by atoms with Crippen LogP contribution in [-0.4, -0.2) is 42.2 Å². The van der Waals surface area contributed by atoms with Gasteiger partial charge in [-0.25, -0.2) is 4.79 Å². The second-order valence-electron chi connectivity index (χ2n) is 8.53. The first kappa shape index (κ1) is 24.0. The first-order valence-corrected chi connectivity index (χ1v) is 10.6. The monoisotopic (exact) mass is 417 g/mol. The minimum atomic E-state index is -0.503. The molecular weight excluding hydrogens is 382 g/mol. The molecule has 1 amide bonds. The number of hydrogen-bond donors (Lipinski definition) is 2. The van der Waals surface area contributed by atoms with Crippen molar-refractivity contribution in [3.8, 4) is 0 Å². The molecule has 3 atom stereocenters. The maximum atomic E-state index is 11.8. The highest BCUT2D eigenvalue weighted by Gasteiger charge is 2.24. The van der Waals surface area contributed by atoms with Gasteiger partial charge in [0.25, 0.3) is 0 Å². The number of aliphatic hydroxyl groups excluding tert-OH is 1. The average molecular weight is 418 g/mol. The predicted octanol–water partition coefficient (Wildman–Crippen LogP) is 4.34.